The van der Waals surface area contributed by atoms with Gasteiger partial charge in [-0.15, -0.1) is 0 Å². The molecule has 128 valence electrons. The van der Waals surface area contributed by atoms with Gasteiger partial charge in [0.1, 0.15) is 5.75 Å². The van der Waals surface area contributed by atoms with Gasteiger partial charge in [-0.3, -0.25) is 4.90 Å². The molecule has 0 atom stereocenters. The summed E-state index contributed by atoms with van der Waals surface area (Å²) in [4.78, 5) is 5.06. The minimum atomic E-state index is 0.715. The zero-order chi connectivity index (χ0) is 16.6. The van der Waals surface area contributed by atoms with E-state index in [9.17, 15) is 0 Å². The second kappa shape index (κ2) is 8.71. The van der Waals surface area contributed by atoms with E-state index in [1.807, 2.05) is 24.3 Å². The summed E-state index contributed by atoms with van der Waals surface area (Å²) >= 11 is 0. The van der Waals surface area contributed by atoms with Crippen LogP contribution in [-0.2, 0) is 6.54 Å². The van der Waals surface area contributed by atoms with Crippen molar-refractivity contribution in [1.29, 1.82) is 0 Å². The highest BCUT2D eigenvalue weighted by atomic mass is 16.5. The number of nitrogens with zero attached hydrogens (tertiary/aromatic N) is 2. The van der Waals surface area contributed by atoms with E-state index < -0.39 is 0 Å². The molecular formula is C20H27N3O. The summed E-state index contributed by atoms with van der Waals surface area (Å²) in [5.74, 6) is 0.796. The molecular weight excluding hydrogens is 298 g/mol. The topological polar surface area (TPSA) is 41.7 Å². The highest BCUT2D eigenvalue weighted by Gasteiger charge is 2.16. The predicted molar refractivity (Wildman–Crippen MR) is 99.1 cm³/mol. The Kier molecular flexibility index (Phi) is 6.10. The largest absolute Gasteiger partial charge is 0.491 e. The van der Waals surface area contributed by atoms with Crippen LogP contribution >= 0.6 is 0 Å². The molecule has 0 saturated carbocycles. The zero-order valence-corrected chi connectivity index (χ0v) is 14.2. The number of nitrogen functional groups attached to an aromatic ring is 1. The van der Waals surface area contributed by atoms with Crippen LogP contribution in [0.5, 0.6) is 5.75 Å². The van der Waals surface area contributed by atoms with Gasteiger partial charge in [-0.2, -0.15) is 0 Å². The van der Waals surface area contributed by atoms with Gasteiger partial charge < -0.3 is 15.4 Å². The first kappa shape index (κ1) is 16.8. The van der Waals surface area contributed by atoms with E-state index in [0.29, 0.717) is 5.69 Å². The molecule has 24 heavy (non-hydrogen) atoms. The fourth-order valence-corrected chi connectivity index (χ4v) is 3.09. The van der Waals surface area contributed by atoms with Gasteiger partial charge in [0.25, 0.3) is 0 Å². The van der Waals surface area contributed by atoms with Crippen LogP contribution in [0.2, 0.25) is 0 Å². The second-order valence-corrected chi connectivity index (χ2v) is 6.34. The van der Waals surface area contributed by atoms with Gasteiger partial charge in [0, 0.05) is 39.3 Å². The van der Waals surface area contributed by atoms with Gasteiger partial charge in [-0.25, -0.2) is 0 Å². The first-order chi connectivity index (χ1) is 11.8. The minimum Gasteiger partial charge on any atom is -0.491 e. The molecule has 1 heterocycles. The highest BCUT2D eigenvalue weighted by Crippen LogP contribution is 2.19. The standard InChI is InChI=1S/C20H27N3O/c21-19-9-4-5-10-20(19)24-16-6-11-22-12-14-23(15-13-22)17-18-7-2-1-3-8-18/h1-5,7-10H,6,11-17,21H2. The Morgan fingerprint density at radius 3 is 2.25 bits per heavy atom. The van der Waals surface area contributed by atoms with Crippen molar-refractivity contribution in [2.45, 2.75) is 13.0 Å². The minimum absolute atomic E-state index is 0.715. The van der Waals surface area contributed by atoms with Gasteiger partial charge in [0.2, 0.25) is 0 Å². The Morgan fingerprint density at radius 1 is 0.833 bits per heavy atom. The molecule has 0 bridgehead atoms. The lowest BCUT2D eigenvalue weighted by Gasteiger charge is -2.34. The lowest BCUT2D eigenvalue weighted by atomic mass is 10.2. The summed E-state index contributed by atoms with van der Waals surface area (Å²) in [6.45, 7) is 7.43. The maximum atomic E-state index is 5.88. The molecule has 0 spiro atoms. The van der Waals surface area contributed by atoms with Crippen LogP contribution in [-0.4, -0.2) is 49.1 Å². The van der Waals surface area contributed by atoms with Crippen LogP contribution in [0, 0.1) is 0 Å². The van der Waals surface area contributed by atoms with Crippen LogP contribution in [0.15, 0.2) is 54.6 Å². The SMILES string of the molecule is Nc1ccccc1OCCCN1CCN(Cc2ccccc2)CC1. The number of hydrogen-bond donors (Lipinski definition) is 1. The number of rotatable bonds is 7. The molecule has 1 aliphatic heterocycles. The van der Waals surface area contributed by atoms with E-state index in [4.69, 9.17) is 10.5 Å². The number of piperazine rings is 1. The maximum Gasteiger partial charge on any atom is 0.142 e. The van der Waals surface area contributed by atoms with E-state index in [1.165, 1.54) is 5.56 Å². The van der Waals surface area contributed by atoms with E-state index in [0.717, 1.165) is 58.0 Å². The molecule has 4 heteroatoms. The first-order valence-corrected chi connectivity index (χ1v) is 8.77. The normalized spacial score (nSPS) is 16.2. The van der Waals surface area contributed by atoms with Gasteiger partial charge in [0.15, 0.2) is 0 Å². The molecule has 0 aliphatic carbocycles. The van der Waals surface area contributed by atoms with Crippen LogP contribution in [0.25, 0.3) is 0 Å². The van der Waals surface area contributed by atoms with Crippen molar-refractivity contribution < 1.29 is 4.74 Å². The Balaban J connectivity index is 1.32. The molecule has 0 radical (unpaired) electrons. The molecule has 2 N–H and O–H groups in total. The Labute approximate surface area is 144 Å². The van der Waals surface area contributed by atoms with E-state index in [-0.39, 0.29) is 0 Å². The van der Waals surface area contributed by atoms with Crippen molar-refractivity contribution in [1.82, 2.24) is 9.80 Å². The average molecular weight is 325 g/mol. The molecule has 2 aromatic rings. The number of anilines is 1. The number of nitrogens with two attached hydrogens (primary N) is 1. The summed E-state index contributed by atoms with van der Waals surface area (Å²) in [5, 5.41) is 0. The molecule has 0 unspecified atom stereocenters. The molecule has 3 rings (SSSR count). The smallest absolute Gasteiger partial charge is 0.142 e. The predicted octanol–water partition coefficient (Wildman–Crippen LogP) is 2.86. The van der Waals surface area contributed by atoms with Crippen molar-refractivity contribution in [2.75, 3.05) is 45.1 Å². The number of benzene rings is 2. The van der Waals surface area contributed by atoms with Crippen molar-refractivity contribution >= 4 is 5.69 Å². The highest BCUT2D eigenvalue weighted by molar-refractivity contribution is 5.51. The third-order valence-corrected chi connectivity index (χ3v) is 4.51. The number of para-hydroxylation sites is 2. The molecule has 1 fully saturated rings. The van der Waals surface area contributed by atoms with Gasteiger partial charge in [-0.1, -0.05) is 42.5 Å². The summed E-state index contributed by atoms with van der Waals surface area (Å²) in [7, 11) is 0. The number of hydrogen-bond acceptors (Lipinski definition) is 4. The molecule has 1 saturated heterocycles. The third kappa shape index (κ3) is 4.98. The summed E-state index contributed by atoms with van der Waals surface area (Å²) in [5.41, 5.74) is 8.00. The fourth-order valence-electron chi connectivity index (χ4n) is 3.09. The van der Waals surface area contributed by atoms with Crippen molar-refractivity contribution in [3.05, 3.63) is 60.2 Å². The lowest BCUT2D eigenvalue weighted by molar-refractivity contribution is 0.121. The first-order valence-electron chi connectivity index (χ1n) is 8.77. The van der Waals surface area contributed by atoms with Crippen LogP contribution in [0.3, 0.4) is 0 Å². The molecule has 0 amide bonds. The second-order valence-electron chi connectivity index (χ2n) is 6.34. The van der Waals surface area contributed by atoms with Gasteiger partial charge >= 0.3 is 0 Å². The molecule has 0 aromatic heterocycles. The Hall–Kier alpha value is -2.04. The van der Waals surface area contributed by atoms with Gasteiger partial charge in [0.05, 0.1) is 12.3 Å². The third-order valence-electron chi connectivity index (χ3n) is 4.51. The van der Waals surface area contributed by atoms with E-state index >= 15 is 0 Å². The van der Waals surface area contributed by atoms with E-state index in [1.54, 1.807) is 0 Å². The van der Waals surface area contributed by atoms with Crippen LogP contribution in [0.1, 0.15) is 12.0 Å². The fraction of sp³-hybridized carbons (Fsp3) is 0.400. The van der Waals surface area contributed by atoms with Gasteiger partial charge in [-0.05, 0) is 24.1 Å². The Bertz CT molecular complexity index is 609. The monoisotopic (exact) mass is 325 g/mol. The van der Waals surface area contributed by atoms with Crippen LogP contribution in [0.4, 0.5) is 5.69 Å². The van der Waals surface area contributed by atoms with Crippen molar-refractivity contribution in [2.24, 2.45) is 0 Å². The van der Waals surface area contributed by atoms with E-state index in [2.05, 4.69) is 40.1 Å². The van der Waals surface area contributed by atoms with Crippen molar-refractivity contribution in [3.8, 4) is 5.75 Å². The van der Waals surface area contributed by atoms with Crippen molar-refractivity contribution in [3.63, 3.8) is 0 Å². The molecule has 2 aromatic carbocycles. The quantitative estimate of drug-likeness (QED) is 0.628. The zero-order valence-electron chi connectivity index (χ0n) is 14.2. The summed E-state index contributed by atoms with van der Waals surface area (Å²) in [6.07, 6.45) is 1.03. The molecule has 4 nitrogen and oxygen atoms in total. The number of ether oxygens (including phenoxy) is 1. The summed E-state index contributed by atoms with van der Waals surface area (Å²) < 4.78 is 5.77. The summed E-state index contributed by atoms with van der Waals surface area (Å²) in [6, 6.07) is 18.4. The van der Waals surface area contributed by atoms with Crippen LogP contribution < -0.4 is 10.5 Å². The maximum absolute atomic E-state index is 5.88. The Morgan fingerprint density at radius 2 is 1.50 bits per heavy atom. The molecule has 1 aliphatic rings. The average Bonchev–Trinajstić information content (AvgIpc) is 2.62. The lowest BCUT2D eigenvalue weighted by Crippen LogP contribution is -2.46.